The van der Waals surface area contributed by atoms with Crippen molar-refractivity contribution in [3.8, 4) is 11.5 Å². The Kier molecular flexibility index (Phi) is 5.90. The van der Waals surface area contributed by atoms with Crippen LogP contribution in [0.25, 0.3) is 0 Å². The van der Waals surface area contributed by atoms with Crippen molar-refractivity contribution in [2.75, 3.05) is 23.3 Å². The van der Waals surface area contributed by atoms with Crippen LogP contribution in [-0.2, 0) is 28.2 Å². The minimum Gasteiger partial charge on any atom is -0.497 e. The monoisotopic (exact) mass is 454 g/mol. The molecule has 0 atom stereocenters. The van der Waals surface area contributed by atoms with Gasteiger partial charge in [0.15, 0.2) is 0 Å². The number of ether oxygens (including phenoxy) is 2. The second-order valence-electron chi connectivity index (χ2n) is 6.89. The lowest BCUT2D eigenvalue weighted by Crippen LogP contribution is -2.33. The Morgan fingerprint density at radius 3 is 2.62 bits per heavy atom. The van der Waals surface area contributed by atoms with Gasteiger partial charge in [-0.15, -0.1) is 0 Å². The van der Waals surface area contributed by atoms with E-state index < -0.39 is 16.1 Å². The van der Waals surface area contributed by atoms with Gasteiger partial charge in [0.1, 0.15) is 38.8 Å². The number of hydrogen-bond acceptors (Lipinski definition) is 8. The number of nitrogens with zero attached hydrogens (tertiary/aromatic N) is 3. The largest absolute Gasteiger partial charge is 0.497 e. The Labute approximate surface area is 185 Å². The standard InChI is InChI=1S/C19H19BN6O5S/c1-30-14-4-2-12(3-5-14)10-31-16-7-13(8-21-19-22-11-23-24-19)6-15(20)18(16)26-9-17(27)25-32(26,28)29/h2-7,11H,8-10H2,1H3,(H,25,27)(H2,21,22,23,24). The second-order valence-corrected chi connectivity index (χ2v) is 8.49. The first-order valence-electron chi connectivity index (χ1n) is 9.46. The molecule has 1 fully saturated rings. The van der Waals surface area contributed by atoms with Crippen LogP contribution in [0.2, 0.25) is 0 Å². The smallest absolute Gasteiger partial charge is 0.326 e. The Morgan fingerprint density at radius 1 is 1.22 bits per heavy atom. The van der Waals surface area contributed by atoms with Crippen LogP contribution < -0.4 is 29.3 Å². The summed E-state index contributed by atoms with van der Waals surface area (Å²) in [4.78, 5) is 15.7. The molecular weight excluding hydrogens is 435 g/mol. The fourth-order valence-corrected chi connectivity index (χ4v) is 4.36. The van der Waals surface area contributed by atoms with Gasteiger partial charge in [-0.2, -0.15) is 13.5 Å². The van der Waals surface area contributed by atoms with E-state index >= 15 is 0 Å². The first-order valence-corrected chi connectivity index (χ1v) is 10.9. The van der Waals surface area contributed by atoms with E-state index in [0.717, 1.165) is 9.87 Å². The summed E-state index contributed by atoms with van der Waals surface area (Å²) in [6.07, 6.45) is 1.37. The van der Waals surface area contributed by atoms with Crippen molar-refractivity contribution in [2.45, 2.75) is 13.2 Å². The van der Waals surface area contributed by atoms with Gasteiger partial charge >= 0.3 is 10.2 Å². The fourth-order valence-electron chi connectivity index (χ4n) is 3.17. The Morgan fingerprint density at radius 2 is 2.00 bits per heavy atom. The molecule has 1 saturated heterocycles. The lowest BCUT2D eigenvalue weighted by atomic mass is 9.91. The Bertz CT molecular complexity index is 1220. The highest BCUT2D eigenvalue weighted by atomic mass is 32.2. The zero-order valence-electron chi connectivity index (χ0n) is 17.0. The van der Waals surface area contributed by atoms with Gasteiger partial charge in [-0.05, 0) is 29.3 Å². The van der Waals surface area contributed by atoms with Crippen molar-refractivity contribution >= 4 is 41.1 Å². The van der Waals surface area contributed by atoms with E-state index in [0.29, 0.717) is 23.8 Å². The van der Waals surface area contributed by atoms with Crippen molar-refractivity contribution in [1.29, 1.82) is 0 Å². The summed E-state index contributed by atoms with van der Waals surface area (Å²) in [5.41, 5.74) is 1.79. The van der Waals surface area contributed by atoms with Gasteiger partial charge in [-0.3, -0.25) is 4.79 Å². The average molecular weight is 454 g/mol. The quantitative estimate of drug-likeness (QED) is 0.404. The highest BCUT2D eigenvalue weighted by Crippen LogP contribution is 2.31. The van der Waals surface area contributed by atoms with Gasteiger partial charge in [0.2, 0.25) is 5.95 Å². The van der Waals surface area contributed by atoms with E-state index in [-0.39, 0.29) is 30.1 Å². The summed E-state index contributed by atoms with van der Waals surface area (Å²) in [7, 11) is 3.72. The second kappa shape index (κ2) is 8.79. The molecule has 2 radical (unpaired) electrons. The third kappa shape index (κ3) is 4.62. The minimum absolute atomic E-state index is 0.0975. The number of rotatable bonds is 8. The molecule has 3 N–H and O–H groups in total. The summed E-state index contributed by atoms with van der Waals surface area (Å²) < 4.78 is 38.8. The summed E-state index contributed by atoms with van der Waals surface area (Å²) in [6.45, 7) is 0.0777. The molecule has 32 heavy (non-hydrogen) atoms. The Hall–Kier alpha value is -3.74. The van der Waals surface area contributed by atoms with Crippen molar-refractivity contribution in [2.24, 2.45) is 0 Å². The molecule has 13 heteroatoms. The topological polar surface area (TPSA) is 139 Å². The Balaban J connectivity index is 1.64. The van der Waals surface area contributed by atoms with E-state index in [1.165, 1.54) is 6.33 Å². The third-order valence-electron chi connectivity index (χ3n) is 4.66. The molecule has 2 heterocycles. The van der Waals surface area contributed by atoms with Gasteiger partial charge in [-0.1, -0.05) is 23.7 Å². The zero-order valence-corrected chi connectivity index (χ0v) is 17.8. The van der Waals surface area contributed by atoms with Crippen LogP contribution in [0.5, 0.6) is 11.5 Å². The number of aromatic nitrogens is 3. The molecule has 0 bridgehead atoms. The van der Waals surface area contributed by atoms with Crippen LogP contribution in [-0.4, -0.2) is 51.0 Å². The molecule has 0 spiro atoms. The molecule has 4 rings (SSSR count). The summed E-state index contributed by atoms with van der Waals surface area (Å²) >= 11 is 0. The van der Waals surface area contributed by atoms with E-state index in [2.05, 4.69) is 20.5 Å². The SMILES string of the molecule is [B]c1cc(CNc2ncn[nH]2)cc(OCc2ccc(OC)cc2)c1N1CC(=O)NS1(=O)=O. The predicted octanol–water partition coefficient (Wildman–Crippen LogP) is -0.0208. The van der Waals surface area contributed by atoms with Gasteiger partial charge in [-0.25, -0.2) is 19.1 Å². The number of nitrogens with one attached hydrogen (secondary N) is 3. The van der Waals surface area contributed by atoms with Crippen molar-refractivity contribution < 1.29 is 22.7 Å². The average Bonchev–Trinajstić information content (AvgIpc) is 3.37. The molecule has 164 valence electrons. The first-order chi connectivity index (χ1) is 15.4. The molecular formula is C19H19BN6O5S. The molecule has 11 nitrogen and oxygen atoms in total. The van der Waals surface area contributed by atoms with Crippen LogP contribution in [0.15, 0.2) is 42.7 Å². The van der Waals surface area contributed by atoms with Crippen molar-refractivity contribution in [1.82, 2.24) is 19.9 Å². The van der Waals surface area contributed by atoms with Crippen LogP contribution >= 0.6 is 0 Å². The number of carbonyl (C=O) groups excluding carboxylic acids is 1. The van der Waals surface area contributed by atoms with Crippen molar-refractivity contribution in [3.05, 3.63) is 53.9 Å². The maximum absolute atomic E-state index is 12.4. The third-order valence-corrected chi connectivity index (χ3v) is 6.04. The van der Waals surface area contributed by atoms with Crippen LogP contribution in [0, 0.1) is 0 Å². The zero-order chi connectivity index (χ0) is 22.7. The van der Waals surface area contributed by atoms with Gasteiger partial charge < -0.3 is 14.8 Å². The van der Waals surface area contributed by atoms with Crippen LogP contribution in [0.1, 0.15) is 11.1 Å². The molecule has 0 unspecified atom stereocenters. The number of H-pyrrole nitrogens is 1. The first kappa shape index (κ1) is 21.5. The molecule has 1 amide bonds. The van der Waals surface area contributed by atoms with Gasteiger partial charge in [0, 0.05) is 6.54 Å². The van der Waals surface area contributed by atoms with Gasteiger partial charge in [0.05, 0.1) is 12.8 Å². The maximum atomic E-state index is 12.4. The highest BCUT2D eigenvalue weighted by molar-refractivity contribution is 7.92. The number of anilines is 2. The summed E-state index contributed by atoms with van der Waals surface area (Å²) in [6, 6.07) is 10.5. The molecule has 1 aliphatic heterocycles. The van der Waals surface area contributed by atoms with Crippen molar-refractivity contribution in [3.63, 3.8) is 0 Å². The summed E-state index contributed by atoms with van der Waals surface area (Å²) in [5.74, 6) is 0.731. The maximum Gasteiger partial charge on any atom is 0.326 e. The van der Waals surface area contributed by atoms with Gasteiger partial charge in [0.25, 0.3) is 5.91 Å². The molecule has 0 saturated carbocycles. The lowest BCUT2D eigenvalue weighted by Gasteiger charge is -2.23. The molecule has 1 aromatic heterocycles. The van der Waals surface area contributed by atoms with E-state index in [9.17, 15) is 13.2 Å². The summed E-state index contributed by atoms with van der Waals surface area (Å²) in [5, 5.41) is 9.49. The normalized spacial score (nSPS) is 14.8. The van der Waals surface area contributed by atoms with Crippen LogP contribution in [0.3, 0.4) is 0 Å². The number of hydrogen-bond donors (Lipinski definition) is 3. The van der Waals surface area contributed by atoms with E-state index in [4.69, 9.17) is 17.3 Å². The number of amides is 1. The highest BCUT2D eigenvalue weighted by Gasteiger charge is 2.36. The molecule has 0 aliphatic carbocycles. The number of aromatic amines is 1. The molecule has 1 aliphatic rings. The van der Waals surface area contributed by atoms with Crippen LogP contribution in [0.4, 0.5) is 11.6 Å². The fraction of sp³-hybridized carbons (Fsp3) is 0.211. The minimum atomic E-state index is -4.07. The molecule has 2 aromatic carbocycles. The predicted molar refractivity (Wildman–Crippen MR) is 117 cm³/mol. The van der Waals surface area contributed by atoms with E-state index in [1.807, 2.05) is 16.9 Å². The molecule has 3 aromatic rings. The lowest BCUT2D eigenvalue weighted by molar-refractivity contribution is -0.117. The van der Waals surface area contributed by atoms with E-state index in [1.54, 1.807) is 31.4 Å². The number of methoxy groups -OCH3 is 1. The number of carbonyl (C=O) groups is 1. The number of benzene rings is 2.